The van der Waals surface area contributed by atoms with Crippen LogP contribution >= 0.6 is 24.8 Å². The van der Waals surface area contributed by atoms with Crippen molar-refractivity contribution < 1.29 is 9.59 Å². The van der Waals surface area contributed by atoms with E-state index in [-0.39, 0.29) is 49.7 Å². The largest absolute Gasteiger partial charge is 0.346 e. The number of rotatable bonds is 3. The van der Waals surface area contributed by atoms with Crippen molar-refractivity contribution in [1.82, 2.24) is 10.2 Å². The Morgan fingerprint density at radius 3 is 2.59 bits per heavy atom. The van der Waals surface area contributed by atoms with Gasteiger partial charge in [-0.3, -0.25) is 9.59 Å². The molecule has 0 atom stereocenters. The van der Waals surface area contributed by atoms with Crippen LogP contribution in [0, 0.1) is 0 Å². The highest BCUT2D eigenvalue weighted by Crippen LogP contribution is 2.24. The summed E-state index contributed by atoms with van der Waals surface area (Å²) in [4.78, 5) is 27.3. The lowest BCUT2D eigenvalue weighted by molar-refractivity contribution is -0.124. The van der Waals surface area contributed by atoms with E-state index in [2.05, 4.69) is 10.2 Å². The quantitative estimate of drug-likeness (QED) is 0.827. The van der Waals surface area contributed by atoms with E-state index >= 15 is 0 Å². The molecule has 1 aliphatic rings. The molecule has 3 N–H and O–H groups in total. The Morgan fingerprint density at radius 1 is 1.23 bits per heavy atom. The summed E-state index contributed by atoms with van der Waals surface area (Å²) in [5.41, 5.74) is 7.25. The fourth-order valence-corrected chi connectivity index (χ4v) is 2.27. The third-order valence-electron chi connectivity index (χ3n) is 3.35. The monoisotopic (exact) mass is 348 g/mol. The smallest absolute Gasteiger partial charge is 0.246 e. The van der Waals surface area contributed by atoms with Gasteiger partial charge in [-0.1, -0.05) is 18.2 Å². The van der Waals surface area contributed by atoms with Gasteiger partial charge in [-0.2, -0.15) is 0 Å². The molecule has 0 unspecified atom stereocenters. The summed E-state index contributed by atoms with van der Waals surface area (Å²) >= 11 is 0. The predicted molar refractivity (Wildman–Crippen MR) is 91.7 cm³/mol. The standard InChI is InChI=1S/C14H20N4O2.2ClH/c1-17-6-7-18(14(20)9-16-13(19)8-15)12-5-3-2-4-11(12)10-17;;/h2-5H,6-10,15H2,1H3,(H,16,19);2*1H. The molecule has 1 aromatic rings. The van der Waals surface area contributed by atoms with Gasteiger partial charge >= 0.3 is 0 Å². The van der Waals surface area contributed by atoms with Crippen LogP contribution in [0.1, 0.15) is 5.56 Å². The van der Waals surface area contributed by atoms with Gasteiger partial charge in [0.2, 0.25) is 11.8 Å². The van der Waals surface area contributed by atoms with E-state index in [1.807, 2.05) is 31.3 Å². The number of anilines is 1. The topological polar surface area (TPSA) is 78.7 Å². The molecule has 8 heteroatoms. The summed E-state index contributed by atoms with van der Waals surface area (Å²) in [5.74, 6) is -0.437. The number of hydrogen-bond acceptors (Lipinski definition) is 4. The van der Waals surface area contributed by atoms with Gasteiger partial charge in [0.05, 0.1) is 13.1 Å². The number of carbonyl (C=O) groups excluding carboxylic acids is 2. The summed E-state index contributed by atoms with van der Waals surface area (Å²) in [7, 11) is 2.03. The molecular weight excluding hydrogens is 327 g/mol. The Labute approximate surface area is 142 Å². The third-order valence-corrected chi connectivity index (χ3v) is 3.35. The van der Waals surface area contributed by atoms with E-state index in [1.54, 1.807) is 4.90 Å². The number of nitrogens with zero attached hydrogens (tertiary/aromatic N) is 2. The molecule has 0 aliphatic carbocycles. The first kappa shape index (κ1) is 20.7. The minimum Gasteiger partial charge on any atom is -0.346 e. The summed E-state index contributed by atoms with van der Waals surface area (Å²) < 4.78 is 0. The molecule has 0 saturated heterocycles. The van der Waals surface area contributed by atoms with Crippen LogP contribution in [0.5, 0.6) is 0 Å². The molecule has 0 spiro atoms. The van der Waals surface area contributed by atoms with E-state index in [0.717, 1.165) is 24.3 Å². The summed E-state index contributed by atoms with van der Waals surface area (Å²) in [6, 6.07) is 7.85. The molecule has 0 aromatic heterocycles. The maximum Gasteiger partial charge on any atom is 0.246 e. The number of nitrogens with two attached hydrogens (primary N) is 1. The Balaban J connectivity index is 0.00000220. The van der Waals surface area contributed by atoms with E-state index < -0.39 is 0 Å². The zero-order valence-electron chi connectivity index (χ0n) is 12.4. The van der Waals surface area contributed by atoms with Crippen molar-refractivity contribution in [3.8, 4) is 0 Å². The second kappa shape index (κ2) is 9.63. The van der Waals surface area contributed by atoms with Gasteiger partial charge in [0.1, 0.15) is 0 Å². The molecule has 2 amide bonds. The van der Waals surface area contributed by atoms with E-state index in [1.165, 1.54) is 0 Å². The molecule has 1 aliphatic heterocycles. The van der Waals surface area contributed by atoms with Crippen LogP contribution < -0.4 is 16.0 Å². The van der Waals surface area contributed by atoms with Crippen molar-refractivity contribution in [2.45, 2.75) is 6.54 Å². The Hall–Kier alpha value is -1.34. The average molecular weight is 349 g/mol. The van der Waals surface area contributed by atoms with Gasteiger partial charge in [0, 0.05) is 25.3 Å². The lowest BCUT2D eigenvalue weighted by Gasteiger charge is -2.22. The van der Waals surface area contributed by atoms with Crippen molar-refractivity contribution in [1.29, 1.82) is 0 Å². The number of likely N-dealkylation sites (N-methyl/N-ethyl adjacent to an activating group) is 1. The maximum absolute atomic E-state index is 12.3. The summed E-state index contributed by atoms with van der Waals surface area (Å²) in [6.07, 6.45) is 0. The van der Waals surface area contributed by atoms with E-state index in [4.69, 9.17) is 5.73 Å². The zero-order chi connectivity index (χ0) is 14.5. The first-order valence-electron chi connectivity index (χ1n) is 6.65. The zero-order valence-corrected chi connectivity index (χ0v) is 14.1. The SMILES string of the molecule is CN1CCN(C(=O)CNC(=O)CN)c2ccccc2C1.Cl.Cl. The van der Waals surface area contributed by atoms with Gasteiger partial charge in [-0.25, -0.2) is 0 Å². The highest BCUT2D eigenvalue weighted by Gasteiger charge is 2.22. The van der Waals surface area contributed by atoms with Crippen LogP contribution in [0.15, 0.2) is 24.3 Å². The molecular formula is C14H22Cl2N4O2. The minimum absolute atomic E-state index is 0. The van der Waals surface area contributed by atoms with Crippen LogP contribution in [0.25, 0.3) is 0 Å². The van der Waals surface area contributed by atoms with Crippen molar-refractivity contribution in [2.24, 2.45) is 5.73 Å². The molecule has 0 bridgehead atoms. The molecule has 2 rings (SSSR count). The van der Waals surface area contributed by atoms with Gasteiger partial charge in [0.15, 0.2) is 0 Å². The predicted octanol–water partition coefficient (Wildman–Crippen LogP) is 0.384. The molecule has 0 saturated carbocycles. The molecule has 124 valence electrons. The summed E-state index contributed by atoms with van der Waals surface area (Å²) in [5, 5.41) is 2.52. The van der Waals surface area contributed by atoms with Crippen molar-refractivity contribution in [3.05, 3.63) is 29.8 Å². The number of carbonyl (C=O) groups is 2. The summed E-state index contributed by atoms with van der Waals surface area (Å²) in [6.45, 7) is 2.10. The highest BCUT2D eigenvalue weighted by atomic mass is 35.5. The Kier molecular flexibility index (Phi) is 9.04. The van der Waals surface area contributed by atoms with Gasteiger partial charge in [-0.05, 0) is 18.7 Å². The minimum atomic E-state index is -0.321. The third kappa shape index (κ3) is 5.14. The number of benzene rings is 1. The first-order valence-corrected chi connectivity index (χ1v) is 6.65. The molecule has 22 heavy (non-hydrogen) atoms. The van der Waals surface area contributed by atoms with Crippen molar-refractivity contribution >= 4 is 42.3 Å². The molecule has 1 aromatic carbocycles. The number of para-hydroxylation sites is 1. The van der Waals surface area contributed by atoms with Crippen LogP contribution in [-0.2, 0) is 16.1 Å². The van der Waals surface area contributed by atoms with Crippen molar-refractivity contribution in [3.63, 3.8) is 0 Å². The second-order valence-corrected chi connectivity index (χ2v) is 4.89. The van der Waals surface area contributed by atoms with Crippen LogP contribution in [0.2, 0.25) is 0 Å². The lowest BCUT2D eigenvalue weighted by atomic mass is 10.1. The highest BCUT2D eigenvalue weighted by molar-refractivity contribution is 5.97. The molecule has 0 radical (unpaired) electrons. The Morgan fingerprint density at radius 2 is 1.91 bits per heavy atom. The van der Waals surface area contributed by atoms with Gasteiger partial charge in [-0.15, -0.1) is 24.8 Å². The van der Waals surface area contributed by atoms with E-state index in [9.17, 15) is 9.59 Å². The first-order chi connectivity index (χ1) is 9.61. The fraction of sp³-hybridized carbons (Fsp3) is 0.429. The van der Waals surface area contributed by atoms with Crippen molar-refractivity contribution in [2.75, 3.05) is 38.1 Å². The number of nitrogens with one attached hydrogen (secondary N) is 1. The van der Waals surface area contributed by atoms with Crippen LogP contribution in [0.3, 0.4) is 0 Å². The van der Waals surface area contributed by atoms with Crippen LogP contribution in [-0.4, -0.2) is 49.9 Å². The van der Waals surface area contributed by atoms with Crippen LogP contribution in [0.4, 0.5) is 5.69 Å². The number of hydrogen-bond donors (Lipinski definition) is 2. The number of halogens is 2. The Bertz CT molecular complexity index is 513. The number of amides is 2. The molecule has 1 heterocycles. The lowest BCUT2D eigenvalue weighted by Crippen LogP contribution is -2.43. The van der Waals surface area contributed by atoms with E-state index in [0.29, 0.717) is 6.54 Å². The van der Waals surface area contributed by atoms with Gasteiger partial charge < -0.3 is 20.9 Å². The second-order valence-electron chi connectivity index (χ2n) is 4.89. The molecule has 6 nitrogen and oxygen atoms in total. The fourth-order valence-electron chi connectivity index (χ4n) is 2.27. The average Bonchev–Trinajstić information content (AvgIpc) is 2.62. The maximum atomic E-state index is 12.3. The molecule has 0 fully saturated rings. The number of fused-ring (bicyclic) bond motifs is 1. The van der Waals surface area contributed by atoms with Gasteiger partial charge in [0.25, 0.3) is 0 Å². The normalized spacial score (nSPS) is 14.0.